The number of nitrogens with one attached hydrogen (secondary N) is 1. The van der Waals surface area contributed by atoms with Crippen molar-refractivity contribution in [1.82, 2.24) is 5.32 Å². The number of hydrogen-bond acceptors (Lipinski definition) is 4. The summed E-state index contributed by atoms with van der Waals surface area (Å²) in [4.78, 5) is 23.0. The van der Waals surface area contributed by atoms with E-state index in [4.69, 9.17) is 5.73 Å². The molecule has 6 nitrogen and oxygen atoms in total. The summed E-state index contributed by atoms with van der Waals surface area (Å²) in [6, 6.07) is 5.32. The van der Waals surface area contributed by atoms with Crippen molar-refractivity contribution in [1.29, 1.82) is 0 Å². The molecule has 0 aliphatic heterocycles. The van der Waals surface area contributed by atoms with Crippen LogP contribution in [-0.4, -0.2) is 34.7 Å². The minimum absolute atomic E-state index is 0.122. The standard InChI is InChI=1S/C16H24N2O4/c17-10-4-2-1-3-5-15(20)18-14(16(21)22)11-12-6-8-13(19)9-7-12/h6-9,14,19H,1-5,10-11,17H2,(H,18,20)(H,21,22). The third kappa shape index (κ3) is 7.08. The summed E-state index contributed by atoms with van der Waals surface area (Å²) in [5.74, 6) is -1.19. The molecule has 1 amide bonds. The van der Waals surface area contributed by atoms with E-state index in [1.54, 1.807) is 12.1 Å². The van der Waals surface area contributed by atoms with Gasteiger partial charge in [-0.25, -0.2) is 4.79 Å². The predicted octanol–water partition coefficient (Wildman–Crippen LogP) is 1.41. The zero-order chi connectivity index (χ0) is 16.4. The maximum atomic E-state index is 11.8. The molecule has 0 aliphatic carbocycles. The maximum Gasteiger partial charge on any atom is 0.326 e. The monoisotopic (exact) mass is 308 g/mol. The van der Waals surface area contributed by atoms with Gasteiger partial charge in [0.05, 0.1) is 0 Å². The van der Waals surface area contributed by atoms with Crippen LogP contribution in [0.5, 0.6) is 5.75 Å². The van der Waals surface area contributed by atoms with Crippen molar-refractivity contribution in [3.8, 4) is 5.75 Å². The minimum Gasteiger partial charge on any atom is -0.508 e. The van der Waals surface area contributed by atoms with Crippen molar-refractivity contribution in [3.63, 3.8) is 0 Å². The number of rotatable bonds is 10. The van der Waals surface area contributed by atoms with E-state index in [9.17, 15) is 19.8 Å². The predicted molar refractivity (Wildman–Crippen MR) is 83.5 cm³/mol. The maximum absolute atomic E-state index is 11.8. The molecule has 1 rings (SSSR count). The molecule has 0 heterocycles. The Balaban J connectivity index is 2.41. The van der Waals surface area contributed by atoms with Gasteiger partial charge in [0.2, 0.25) is 5.91 Å². The molecule has 6 heteroatoms. The molecular formula is C16H24N2O4. The molecule has 0 radical (unpaired) electrons. The summed E-state index contributed by atoms with van der Waals surface area (Å²) in [7, 11) is 0. The van der Waals surface area contributed by atoms with E-state index in [0.29, 0.717) is 13.0 Å². The molecule has 0 aliphatic rings. The molecule has 0 spiro atoms. The molecular weight excluding hydrogens is 284 g/mol. The van der Waals surface area contributed by atoms with Gasteiger partial charge in [0, 0.05) is 12.8 Å². The fourth-order valence-corrected chi connectivity index (χ4v) is 2.12. The highest BCUT2D eigenvalue weighted by Crippen LogP contribution is 2.11. The Labute approximate surface area is 130 Å². The van der Waals surface area contributed by atoms with Crippen LogP contribution in [0.2, 0.25) is 0 Å². The Morgan fingerprint density at radius 2 is 1.73 bits per heavy atom. The van der Waals surface area contributed by atoms with Gasteiger partial charge in [0.1, 0.15) is 11.8 Å². The van der Waals surface area contributed by atoms with E-state index in [-0.39, 0.29) is 18.1 Å². The van der Waals surface area contributed by atoms with Crippen LogP contribution in [0.1, 0.15) is 37.7 Å². The quantitative estimate of drug-likeness (QED) is 0.488. The topological polar surface area (TPSA) is 113 Å². The summed E-state index contributed by atoms with van der Waals surface area (Å²) in [5.41, 5.74) is 6.14. The lowest BCUT2D eigenvalue weighted by atomic mass is 10.1. The molecule has 122 valence electrons. The van der Waals surface area contributed by atoms with E-state index >= 15 is 0 Å². The first-order valence-corrected chi connectivity index (χ1v) is 7.53. The zero-order valence-corrected chi connectivity index (χ0v) is 12.6. The number of benzene rings is 1. The number of nitrogens with two attached hydrogens (primary N) is 1. The molecule has 0 bridgehead atoms. The van der Waals surface area contributed by atoms with Gasteiger partial charge in [0.25, 0.3) is 0 Å². The molecule has 1 aromatic rings. The van der Waals surface area contributed by atoms with Gasteiger partial charge >= 0.3 is 5.97 Å². The van der Waals surface area contributed by atoms with Crippen LogP contribution in [0.25, 0.3) is 0 Å². The Hall–Kier alpha value is -2.08. The SMILES string of the molecule is NCCCCCCC(=O)NC(Cc1ccc(O)cc1)C(=O)O. The molecule has 0 saturated carbocycles. The largest absolute Gasteiger partial charge is 0.508 e. The molecule has 0 saturated heterocycles. The van der Waals surface area contributed by atoms with E-state index in [0.717, 1.165) is 31.2 Å². The lowest BCUT2D eigenvalue weighted by Crippen LogP contribution is -2.42. The number of aromatic hydroxyl groups is 1. The molecule has 5 N–H and O–H groups in total. The number of hydrogen-bond donors (Lipinski definition) is 4. The summed E-state index contributed by atoms with van der Waals surface area (Å²) >= 11 is 0. The van der Waals surface area contributed by atoms with Gasteiger partial charge in [-0.3, -0.25) is 4.79 Å². The number of carboxylic acids is 1. The lowest BCUT2D eigenvalue weighted by Gasteiger charge is -2.14. The molecule has 0 fully saturated rings. The van der Waals surface area contributed by atoms with Gasteiger partial charge in [0.15, 0.2) is 0 Å². The first-order valence-electron chi connectivity index (χ1n) is 7.53. The van der Waals surface area contributed by atoms with Crippen molar-refractivity contribution < 1.29 is 19.8 Å². The van der Waals surface area contributed by atoms with Crippen molar-refractivity contribution in [2.45, 2.75) is 44.6 Å². The first-order chi connectivity index (χ1) is 10.5. The van der Waals surface area contributed by atoms with E-state index in [1.807, 2.05) is 0 Å². The summed E-state index contributed by atoms with van der Waals surface area (Å²) < 4.78 is 0. The second kappa shape index (κ2) is 9.78. The minimum atomic E-state index is -1.07. The fourth-order valence-electron chi connectivity index (χ4n) is 2.12. The van der Waals surface area contributed by atoms with E-state index < -0.39 is 12.0 Å². The first kappa shape index (κ1) is 18.0. The average molecular weight is 308 g/mol. The van der Waals surface area contributed by atoms with Crippen LogP contribution in [0.3, 0.4) is 0 Å². The van der Waals surface area contributed by atoms with Gasteiger partial charge in [-0.2, -0.15) is 0 Å². The Morgan fingerprint density at radius 1 is 1.09 bits per heavy atom. The van der Waals surface area contributed by atoms with E-state index in [2.05, 4.69) is 5.32 Å². The van der Waals surface area contributed by atoms with Crippen molar-refractivity contribution in [2.75, 3.05) is 6.54 Å². The highest BCUT2D eigenvalue weighted by atomic mass is 16.4. The number of carbonyl (C=O) groups is 2. The third-order valence-corrected chi connectivity index (χ3v) is 3.37. The van der Waals surface area contributed by atoms with Crippen molar-refractivity contribution in [3.05, 3.63) is 29.8 Å². The van der Waals surface area contributed by atoms with Crippen molar-refractivity contribution in [2.24, 2.45) is 5.73 Å². The summed E-state index contributed by atoms with van der Waals surface area (Å²) in [5, 5.41) is 21.0. The Bertz CT molecular complexity index is 474. The number of carbonyl (C=O) groups excluding carboxylic acids is 1. The van der Waals surface area contributed by atoms with Crippen LogP contribution in [0, 0.1) is 0 Å². The molecule has 1 unspecified atom stereocenters. The van der Waals surface area contributed by atoms with E-state index in [1.165, 1.54) is 12.1 Å². The number of unbranched alkanes of at least 4 members (excludes halogenated alkanes) is 3. The summed E-state index contributed by atoms with van der Waals surface area (Å²) in [6.45, 7) is 0.653. The average Bonchev–Trinajstić information content (AvgIpc) is 2.48. The van der Waals surface area contributed by atoms with Crippen LogP contribution in [0.4, 0.5) is 0 Å². The smallest absolute Gasteiger partial charge is 0.326 e. The highest BCUT2D eigenvalue weighted by molar-refractivity contribution is 5.83. The number of phenols is 1. The molecule has 0 aromatic heterocycles. The fraction of sp³-hybridized carbons (Fsp3) is 0.500. The van der Waals surface area contributed by atoms with Gasteiger partial charge < -0.3 is 21.3 Å². The summed E-state index contributed by atoms with van der Waals surface area (Å²) in [6.07, 6.45) is 4.09. The normalized spacial score (nSPS) is 11.9. The highest BCUT2D eigenvalue weighted by Gasteiger charge is 2.20. The number of carboxylic acid groups (broad SMARTS) is 1. The zero-order valence-electron chi connectivity index (χ0n) is 12.6. The molecule has 22 heavy (non-hydrogen) atoms. The number of aliphatic carboxylic acids is 1. The number of amides is 1. The number of phenolic OH excluding ortho intramolecular Hbond substituents is 1. The van der Waals surface area contributed by atoms with Crippen LogP contribution in [-0.2, 0) is 16.0 Å². The second-order valence-electron chi connectivity index (χ2n) is 5.28. The third-order valence-electron chi connectivity index (χ3n) is 3.37. The van der Waals surface area contributed by atoms with Crippen molar-refractivity contribution >= 4 is 11.9 Å². The lowest BCUT2D eigenvalue weighted by molar-refractivity contribution is -0.141. The van der Waals surface area contributed by atoms with Gasteiger partial charge in [-0.1, -0.05) is 25.0 Å². The molecule has 1 atom stereocenters. The molecule has 1 aromatic carbocycles. The Morgan fingerprint density at radius 3 is 2.32 bits per heavy atom. The second-order valence-corrected chi connectivity index (χ2v) is 5.28. The van der Waals surface area contributed by atoms with Gasteiger partial charge in [-0.15, -0.1) is 0 Å². The van der Waals surface area contributed by atoms with Gasteiger partial charge in [-0.05, 0) is 37.1 Å². The van der Waals surface area contributed by atoms with Crippen LogP contribution < -0.4 is 11.1 Å². The van der Waals surface area contributed by atoms with Crippen LogP contribution in [0.15, 0.2) is 24.3 Å². The Kier molecular flexibility index (Phi) is 7.99. The van der Waals surface area contributed by atoms with Crippen LogP contribution >= 0.6 is 0 Å².